The Morgan fingerprint density at radius 2 is 1.69 bits per heavy atom. The fourth-order valence-electron chi connectivity index (χ4n) is 3.05. The van der Waals surface area contributed by atoms with E-state index in [0.717, 1.165) is 22.2 Å². The largest absolute Gasteiger partial charge is 0.497 e. The van der Waals surface area contributed by atoms with Gasteiger partial charge < -0.3 is 15.4 Å². The normalized spacial score (nSPS) is 10.6. The molecule has 1 heterocycles. The minimum absolute atomic E-state index is 0.244. The lowest BCUT2D eigenvalue weighted by molar-refractivity contribution is 0.102. The molecule has 1 aromatic heterocycles. The highest BCUT2D eigenvalue weighted by molar-refractivity contribution is 6.31. The standard InChI is InChI=1S/C23H18ClN3O2/c1-29-18-11-9-16(10-12-18)26-22-20-8-3-2-7-19(20)21(14-25-22)23(28)27-17-6-4-5-15(24)13-17/h2-14H,1H3,(H,25,26)(H,27,28). The highest BCUT2D eigenvalue weighted by Crippen LogP contribution is 2.28. The van der Waals surface area contributed by atoms with Gasteiger partial charge in [0.15, 0.2) is 0 Å². The van der Waals surface area contributed by atoms with Gasteiger partial charge in [-0.05, 0) is 47.9 Å². The van der Waals surface area contributed by atoms with Gasteiger partial charge in [0.25, 0.3) is 5.91 Å². The first-order valence-electron chi connectivity index (χ1n) is 9.00. The summed E-state index contributed by atoms with van der Waals surface area (Å²) < 4.78 is 5.19. The zero-order chi connectivity index (χ0) is 20.2. The van der Waals surface area contributed by atoms with E-state index < -0.39 is 0 Å². The molecule has 0 aliphatic rings. The zero-order valence-electron chi connectivity index (χ0n) is 15.6. The second-order valence-corrected chi connectivity index (χ2v) is 6.82. The smallest absolute Gasteiger partial charge is 0.257 e. The summed E-state index contributed by atoms with van der Waals surface area (Å²) in [4.78, 5) is 17.3. The molecular formula is C23H18ClN3O2. The van der Waals surface area contributed by atoms with Crippen LogP contribution in [0.3, 0.4) is 0 Å². The van der Waals surface area contributed by atoms with Crippen LogP contribution in [0.2, 0.25) is 5.02 Å². The summed E-state index contributed by atoms with van der Waals surface area (Å²) in [5, 5.41) is 8.39. The van der Waals surface area contributed by atoms with Crippen molar-refractivity contribution in [2.75, 3.05) is 17.7 Å². The highest BCUT2D eigenvalue weighted by atomic mass is 35.5. The Labute approximate surface area is 173 Å². The number of hydrogen-bond acceptors (Lipinski definition) is 4. The molecule has 4 rings (SSSR count). The van der Waals surface area contributed by atoms with Crippen LogP contribution in [0.5, 0.6) is 5.75 Å². The van der Waals surface area contributed by atoms with Crippen LogP contribution < -0.4 is 15.4 Å². The number of amides is 1. The number of benzene rings is 3. The fourth-order valence-corrected chi connectivity index (χ4v) is 3.24. The third-order valence-corrected chi connectivity index (χ3v) is 4.71. The number of carbonyl (C=O) groups is 1. The Bertz CT molecular complexity index is 1180. The summed E-state index contributed by atoms with van der Waals surface area (Å²) in [6.07, 6.45) is 1.58. The molecule has 0 unspecified atom stereocenters. The number of carbonyl (C=O) groups excluding carboxylic acids is 1. The minimum atomic E-state index is -0.244. The van der Waals surface area contributed by atoms with Gasteiger partial charge >= 0.3 is 0 Å². The third kappa shape index (κ3) is 4.15. The molecule has 1 amide bonds. The molecule has 4 aromatic rings. The Morgan fingerprint density at radius 1 is 0.931 bits per heavy atom. The first kappa shape index (κ1) is 18.8. The van der Waals surface area contributed by atoms with Gasteiger partial charge in [0.2, 0.25) is 0 Å². The number of pyridine rings is 1. The fraction of sp³-hybridized carbons (Fsp3) is 0.0435. The number of aromatic nitrogens is 1. The van der Waals surface area contributed by atoms with Crippen LogP contribution in [-0.4, -0.2) is 18.0 Å². The number of anilines is 3. The van der Waals surface area contributed by atoms with Crippen molar-refractivity contribution in [3.63, 3.8) is 0 Å². The monoisotopic (exact) mass is 403 g/mol. The van der Waals surface area contributed by atoms with Gasteiger partial charge in [-0.3, -0.25) is 4.79 Å². The van der Waals surface area contributed by atoms with Crippen LogP contribution in [-0.2, 0) is 0 Å². The molecule has 29 heavy (non-hydrogen) atoms. The summed E-state index contributed by atoms with van der Waals surface area (Å²) >= 11 is 6.01. The first-order valence-corrected chi connectivity index (χ1v) is 9.37. The van der Waals surface area contributed by atoms with Crippen molar-refractivity contribution in [2.24, 2.45) is 0 Å². The van der Waals surface area contributed by atoms with E-state index in [0.29, 0.717) is 22.1 Å². The molecule has 5 nitrogen and oxygen atoms in total. The van der Waals surface area contributed by atoms with E-state index in [4.69, 9.17) is 16.3 Å². The summed E-state index contributed by atoms with van der Waals surface area (Å²) in [6.45, 7) is 0. The number of fused-ring (bicyclic) bond motifs is 1. The second-order valence-electron chi connectivity index (χ2n) is 6.38. The average Bonchev–Trinajstić information content (AvgIpc) is 2.74. The molecule has 144 valence electrons. The summed E-state index contributed by atoms with van der Waals surface area (Å²) in [6, 6.07) is 22.3. The Kier molecular flexibility index (Phi) is 5.31. The van der Waals surface area contributed by atoms with Crippen molar-refractivity contribution >= 4 is 45.5 Å². The van der Waals surface area contributed by atoms with Crippen molar-refractivity contribution < 1.29 is 9.53 Å². The van der Waals surface area contributed by atoms with E-state index in [1.807, 2.05) is 48.5 Å². The van der Waals surface area contributed by atoms with Gasteiger partial charge in [0, 0.05) is 28.0 Å². The van der Waals surface area contributed by atoms with Gasteiger partial charge in [0.1, 0.15) is 11.6 Å². The number of halogens is 1. The van der Waals surface area contributed by atoms with Crippen molar-refractivity contribution in [3.05, 3.63) is 89.6 Å². The molecule has 6 heteroatoms. The lowest BCUT2D eigenvalue weighted by atomic mass is 10.1. The van der Waals surface area contributed by atoms with Crippen LogP contribution in [0.25, 0.3) is 10.8 Å². The van der Waals surface area contributed by atoms with Crippen LogP contribution >= 0.6 is 11.6 Å². The maximum atomic E-state index is 12.9. The van der Waals surface area contributed by atoms with E-state index >= 15 is 0 Å². The number of nitrogens with zero attached hydrogens (tertiary/aromatic N) is 1. The van der Waals surface area contributed by atoms with Crippen molar-refractivity contribution in [1.82, 2.24) is 4.98 Å². The maximum Gasteiger partial charge on any atom is 0.257 e. The third-order valence-electron chi connectivity index (χ3n) is 4.47. The van der Waals surface area contributed by atoms with Gasteiger partial charge in [-0.1, -0.05) is 41.9 Å². The molecule has 0 atom stereocenters. The Hall–Kier alpha value is -3.57. The van der Waals surface area contributed by atoms with Gasteiger partial charge in [0.05, 0.1) is 12.7 Å². The first-order chi connectivity index (χ1) is 14.1. The molecule has 0 fully saturated rings. The van der Waals surface area contributed by atoms with Crippen molar-refractivity contribution in [3.8, 4) is 5.75 Å². The van der Waals surface area contributed by atoms with Gasteiger partial charge in [-0.15, -0.1) is 0 Å². The molecule has 0 spiro atoms. The number of hydrogen-bond donors (Lipinski definition) is 2. The van der Waals surface area contributed by atoms with E-state index in [-0.39, 0.29) is 5.91 Å². The summed E-state index contributed by atoms with van der Waals surface area (Å²) in [5.74, 6) is 1.21. The zero-order valence-corrected chi connectivity index (χ0v) is 16.4. The van der Waals surface area contributed by atoms with Gasteiger partial charge in [-0.2, -0.15) is 0 Å². The van der Waals surface area contributed by atoms with Gasteiger partial charge in [-0.25, -0.2) is 4.98 Å². The van der Waals surface area contributed by atoms with Crippen LogP contribution in [0.15, 0.2) is 79.0 Å². The topological polar surface area (TPSA) is 63.2 Å². The molecule has 0 bridgehead atoms. The highest BCUT2D eigenvalue weighted by Gasteiger charge is 2.14. The second kappa shape index (κ2) is 8.20. The SMILES string of the molecule is COc1ccc(Nc2ncc(C(=O)Nc3cccc(Cl)c3)c3ccccc23)cc1. The molecule has 0 aliphatic heterocycles. The minimum Gasteiger partial charge on any atom is -0.497 e. The average molecular weight is 404 g/mol. The molecule has 2 N–H and O–H groups in total. The Balaban J connectivity index is 1.66. The number of nitrogens with one attached hydrogen (secondary N) is 2. The van der Waals surface area contributed by atoms with E-state index in [1.54, 1.807) is 37.6 Å². The summed E-state index contributed by atoms with van der Waals surface area (Å²) in [7, 11) is 1.63. The summed E-state index contributed by atoms with van der Waals surface area (Å²) in [5.41, 5.74) is 1.99. The predicted molar refractivity (Wildman–Crippen MR) is 117 cm³/mol. The number of methoxy groups -OCH3 is 1. The van der Waals surface area contributed by atoms with Crippen molar-refractivity contribution in [2.45, 2.75) is 0 Å². The molecule has 0 saturated carbocycles. The molecular weight excluding hydrogens is 386 g/mol. The molecule has 0 radical (unpaired) electrons. The number of rotatable bonds is 5. The molecule has 0 saturated heterocycles. The van der Waals surface area contributed by atoms with E-state index in [9.17, 15) is 4.79 Å². The van der Waals surface area contributed by atoms with Crippen LogP contribution in [0.1, 0.15) is 10.4 Å². The van der Waals surface area contributed by atoms with Crippen LogP contribution in [0.4, 0.5) is 17.2 Å². The van der Waals surface area contributed by atoms with E-state index in [2.05, 4.69) is 15.6 Å². The van der Waals surface area contributed by atoms with E-state index in [1.165, 1.54) is 0 Å². The maximum absolute atomic E-state index is 12.9. The molecule has 0 aliphatic carbocycles. The van der Waals surface area contributed by atoms with Crippen molar-refractivity contribution in [1.29, 1.82) is 0 Å². The van der Waals surface area contributed by atoms with Crippen LogP contribution in [0, 0.1) is 0 Å². The lowest BCUT2D eigenvalue weighted by Crippen LogP contribution is -2.13. The molecule has 3 aromatic carbocycles. The predicted octanol–water partition coefficient (Wildman–Crippen LogP) is 5.89. The lowest BCUT2D eigenvalue weighted by Gasteiger charge is -2.13. The Morgan fingerprint density at radius 3 is 2.41 bits per heavy atom. The quantitative estimate of drug-likeness (QED) is 0.436. The number of ether oxygens (including phenoxy) is 1.